The van der Waals surface area contributed by atoms with Gasteiger partial charge in [-0.25, -0.2) is 9.18 Å². The van der Waals surface area contributed by atoms with E-state index < -0.39 is 24.2 Å². The van der Waals surface area contributed by atoms with Gasteiger partial charge in [-0.05, 0) is 6.07 Å². The Kier molecular flexibility index (Phi) is 5.20. The minimum Gasteiger partial charge on any atom is -0.400 e. The smallest absolute Gasteiger partial charge is 0.351 e. The van der Waals surface area contributed by atoms with Crippen molar-refractivity contribution < 1.29 is 19.3 Å². The standard InChI is InChI=1S/C9H12FN3O3.CH4O/c10-6-3-5(4-14)16-8(6)13-2-1-7(11)12-9(13)15;1-2/h1-2,5-6,8,14H,3-4H2,(H2,11,12,15);2H,1H3. The van der Waals surface area contributed by atoms with Crippen molar-refractivity contribution in [3.63, 3.8) is 0 Å². The molecule has 2 rings (SSSR count). The number of aliphatic hydroxyl groups is 2. The first kappa shape index (κ1) is 14.6. The molecule has 3 atom stereocenters. The molecule has 1 saturated heterocycles. The predicted molar refractivity (Wildman–Crippen MR) is 61.6 cm³/mol. The highest BCUT2D eigenvalue weighted by Crippen LogP contribution is 2.29. The lowest BCUT2D eigenvalue weighted by Gasteiger charge is -2.15. The molecule has 1 fully saturated rings. The van der Waals surface area contributed by atoms with Gasteiger partial charge in [0.1, 0.15) is 12.0 Å². The molecular formula is C10H16FN3O4. The van der Waals surface area contributed by atoms with Gasteiger partial charge < -0.3 is 20.7 Å². The number of nitrogens with two attached hydrogens (primary N) is 1. The second-order valence-electron chi connectivity index (χ2n) is 3.63. The lowest BCUT2D eigenvalue weighted by molar-refractivity contribution is -0.0393. The molecule has 0 bridgehead atoms. The van der Waals surface area contributed by atoms with E-state index in [2.05, 4.69) is 4.98 Å². The third kappa shape index (κ3) is 3.03. The average molecular weight is 261 g/mol. The summed E-state index contributed by atoms with van der Waals surface area (Å²) in [5, 5.41) is 15.8. The summed E-state index contributed by atoms with van der Waals surface area (Å²) in [5.74, 6) is 0.0772. The molecule has 3 unspecified atom stereocenters. The summed E-state index contributed by atoms with van der Waals surface area (Å²) >= 11 is 0. The minimum atomic E-state index is -1.33. The number of alkyl halides is 1. The average Bonchev–Trinajstić information content (AvgIpc) is 2.73. The van der Waals surface area contributed by atoms with Crippen molar-refractivity contribution in [3.8, 4) is 0 Å². The first-order chi connectivity index (χ1) is 8.61. The van der Waals surface area contributed by atoms with Crippen LogP contribution < -0.4 is 11.4 Å². The molecular weight excluding hydrogens is 245 g/mol. The summed E-state index contributed by atoms with van der Waals surface area (Å²) in [7, 11) is 1.00. The number of nitrogens with zero attached hydrogens (tertiary/aromatic N) is 2. The van der Waals surface area contributed by atoms with Crippen molar-refractivity contribution in [2.24, 2.45) is 0 Å². The van der Waals surface area contributed by atoms with Crippen molar-refractivity contribution in [3.05, 3.63) is 22.7 Å². The molecule has 102 valence electrons. The second-order valence-corrected chi connectivity index (χ2v) is 3.63. The van der Waals surface area contributed by atoms with E-state index in [0.29, 0.717) is 0 Å². The highest BCUT2D eigenvalue weighted by atomic mass is 19.1. The van der Waals surface area contributed by atoms with E-state index in [1.807, 2.05) is 0 Å². The molecule has 0 saturated carbocycles. The maximum absolute atomic E-state index is 13.5. The summed E-state index contributed by atoms with van der Waals surface area (Å²) in [6.45, 7) is -0.270. The first-order valence-corrected chi connectivity index (χ1v) is 5.31. The monoisotopic (exact) mass is 261 g/mol. The summed E-state index contributed by atoms with van der Waals surface area (Å²) in [4.78, 5) is 14.9. The van der Waals surface area contributed by atoms with Crippen molar-refractivity contribution in [2.75, 3.05) is 19.5 Å². The van der Waals surface area contributed by atoms with Gasteiger partial charge in [-0.3, -0.25) is 4.57 Å². The Labute approximate surface area is 103 Å². The third-order valence-corrected chi connectivity index (χ3v) is 2.46. The largest absolute Gasteiger partial charge is 0.400 e. The molecule has 4 N–H and O–H groups in total. The van der Waals surface area contributed by atoms with Crippen molar-refractivity contribution in [1.82, 2.24) is 9.55 Å². The van der Waals surface area contributed by atoms with Crippen LogP contribution in [0.5, 0.6) is 0 Å². The normalized spacial score (nSPS) is 26.6. The molecule has 0 aromatic carbocycles. The summed E-state index contributed by atoms with van der Waals surface area (Å²) < 4.78 is 19.8. The molecule has 1 aromatic rings. The zero-order valence-corrected chi connectivity index (χ0v) is 9.86. The number of halogens is 1. The van der Waals surface area contributed by atoms with Crippen molar-refractivity contribution in [2.45, 2.75) is 24.9 Å². The molecule has 1 aliphatic heterocycles. The van der Waals surface area contributed by atoms with E-state index in [4.69, 9.17) is 20.7 Å². The Morgan fingerprint density at radius 3 is 2.83 bits per heavy atom. The molecule has 0 amide bonds. The number of aliphatic hydroxyl groups excluding tert-OH is 2. The van der Waals surface area contributed by atoms with E-state index in [1.165, 1.54) is 12.3 Å². The van der Waals surface area contributed by atoms with Gasteiger partial charge in [0.25, 0.3) is 0 Å². The fourth-order valence-electron chi connectivity index (χ4n) is 1.68. The topological polar surface area (TPSA) is 111 Å². The van der Waals surface area contributed by atoms with Crippen LogP contribution in [0.1, 0.15) is 12.6 Å². The van der Waals surface area contributed by atoms with Gasteiger partial charge in [-0.15, -0.1) is 0 Å². The number of rotatable bonds is 2. The first-order valence-electron chi connectivity index (χ1n) is 5.31. The lowest BCUT2D eigenvalue weighted by Crippen LogP contribution is -2.30. The van der Waals surface area contributed by atoms with Gasteiger partial charge in [0, 0.05) is 19.7 Å². The number of anilines is 1. The van der Waals surface area contributed by atoms with Gasteiger partial charge in [0.15, 0.2) is 6.23 Å². The zero-order chi connectivity index (χ0) is 13.7. The molecule has 8 heteroatoms. The van der Waals surface area contributed by atoms with E-state index in [0.717, 1.165) is 11.7 Å². The fourth-order valence-corrected chi connectivity index (χ4v) is 1.68. The molecule has 2 heterocycles. The number of ether oxygens (including phenoxy) is 1. The SMILES string of the molecule is CO.Nc1ccn(C2OC(CO)CC2F)c(=O)n1. The molecule has 1 aromatic heterocycles. The van der Waals surface area contributed by atoms with E-state index in [-0.39, 0.29) is 18.8 Å². The number of hydrogen-bond acceptors (Lipinski definition) is 6. The molecule has 0 aliphatic carbocycles. The van der Waals surface area contributed by atoms with Crippen LogP contribution >= 0.6 is 0 Å². The van der Waals surface area contributed by atoms with Crippen LogP contribution in [0.4, 0.5) is 10.2 Å². The van der Waals surface area contributed by atoms with E-state index in [1.54, 1.807) is 0 Å². The van der Waals surface area contributed by atoms with Crippen LogP contribution in [-0.2, 0) is 4.74 Å². The summed E-state index contributed by atoms with van der Waals surface area (Å²) in [5.41, 5.74) is 4.65. The van der Waals surface area contributed by atoms with Gasteiger partial charge in [0.05, 0.1) is 12.7 Å². The van der Waals surface area contributed by atoms with Crippen LogP contribution in [0.2, 0.25) is 0 Å². The molecule has 1 aliphatic rings. The predicted octanol–water partition coefficient (Wildman–Crippen LogP) is -0.948. The van der Waals surface area contributed by atoms with Crippen LogP contribution in [-0.4, -0.2) is 45.8 Å². The molecule has 0 radical (unpaired) electrons. The Morgan fingerprint density at radius 1 is 1.67 bits per heavy atom. The zero-order valence-electron chi connectivity index (χ0n) is 9.86. The highest BCUT2D eigenvalue weighted by molar-refractivity contribution is 5.23. The number of aromatic nitrogens is 2. The molecule has 0 spiro atoms. The molecule has 7 nitrogen and oxygen atoms in total. The van der Waals surface area contributed by atoms with Crippen molar-refractivity contribution >= 4 is 5.82 Å². The van der Waals surface area contributed by atoms with Crippen LogP contribution in [0, 0.1) is 0 Å². The van der Waals surface area contributed by atoms with Gasteiger partial charge in [0.2, 0.25) is 0 Å². The van der Waals surface area contributed by atoms with E-state index in [9.17, 15) is 9.18 Å². The third-order valence-electron chi connectivity index (χ3n) is 2.46. The number of hydrogen-bond donors (Lipinski definition) is 3. The molecule has 18 heavy (non-hydrogen) atoms. The number of nitrogen functional groups attached to an aromatic ring is 1. The Balaban J connectivity index is 0.000000771. The lowest BCUT2D eigenvalue weighted by atomic mass is 10.2. The summed E-state index contributed by atoms with van der Waals surface area (Å²) in [6, 6.07) is 1.39. The highest BCUT2D eigenvalue weighted by Gasteiger charge is 2.36. The van der Waals surface area contributed by atoms with Crippen molar-refractivity contribution in [1.29, 1.82) is 0 Å². The Morgan fingerprint density at radius 2 is 2.33 bits per heavy atom. The van der Waals surface area contributed by atoms with Crippen LogP contribution in [0.25, 0.3) is 0 Å². The maximum atomic E-state index is 13.5. The fraction of sp³-hybridized carbons (Fsp3) is 0.600. The van der Waals surface area contributed by atoms with Gasteiger partial charge >= 0.3 is 5.69 Å². The van der Waals surface area contributed by atoms with Crippen LogP contribution in [0.15, 0.2) is 17.1 Å². The second kappa shape index (κ2) is 6.43. The quantitative estimate of drug-likeness (QED) is 0.633. The summed E-state index contributed by atoms with van der Waals surface area (Å²) in [6.07, 6.45) is -1.54. The maximum Gasteiger partial charge on any atom is 0.351 e. The van der Waals surface area contributed by atoms with Crippen LogP contribution in [0.3, 0.4) is 0 Å². The minimum absolute atomic E-state index is 0.0674. The Bertz CT molecular complexity index is 439. The van der Waals surface area contributed by atoms with E-state index >= 15 is 0 Å². The van der Waals surface area contributed by atoms with Gasteiger partial charge in [-0.2, -0.15) is 4.98 Å². The Hall–Kier alpha value is -1.51. The van der Waals surface area contributed by atoms with Gasteiger partial charge in [-0.1, -0.05) is 0 Å².